The maximum Gasteiger partial charge on any atom is 0.228 e. The number of ether oxygens (including phenoxy) is 1. The Hall–Kier alpha value is -2.08. The molecule has 0 aliphatic carbocycles. The minimum Gasteiger partial charge on any atom is -0.497 e. The topological polar surface area (TPSA) is 45.7 Å². The van der Waals surface area contributed by atoms with Crippen molar-refractivity contribution in [2.45, 2.75) is 13.3 Å². The normalized spacial score (nSPS) is 14.9. The molecule has 3 rings (SSSR count). The molecule has 5 nitrogen and oxygen atoms in total. The van der Waals surface area contributed by atoms with Crippen LogP contribution in [0.5, 0.6) is 5.75 Å². The molecule has 1 aromatic heterocycles. The van der Waals surface area contributed by atoms with Gasteiger partial charge in [0, 0.05) is 37.2 Å². The van der Waals surface area contributed by atoms with E-state index in [2.05, 4.69) is 22.0 Å². The lowest BCUT2D eigenvalue weighted by molar-refractivity contribution is -0.130. The van der Waals surface area contributed by atoms with E-state index in [1.54, 1.807) is 18.4 Å². The van der Waals surface area contributed by atoms with E-state index < -0.39 is 0 Å². The molecule has 122 valence electrons. The number of anilines is 1. The molecule has 1 aliphatic rings. The summed E-state index contributed by atoms with van der Waals surface area (Å²) in [5, 5.41) is 2.98. The van der Waals surface area contributed by atoms with Gasteiger partial charge in [-0.15, -0.1) is 11.3 Å². The van der Waals surface area contributed by atoms with Crippen LogP contribution in [0.4, 0.5) is 5.69 Å². The average molecular weight is 331 g/mol. The molecule has 0 spiro atoms. The molecular formula is C17H21N3O2S. The fraction of sp³-hybridized carbons (Fsp3) is 0.412. The highest BCUT2D eigenvalue weighted by Gasteiger charge is 2.22. The third kappa shape index (κ3) is 3.82. The van der Waals surface area contributed by atoms with Gasteiger partial charge in [0.05, 0.1) is 24.2 Å². The zero-order valence-electron chi connectivity index (χ0n) is 13.5. The summed E-state index contributed by atoms with van der Waals surface area (Å²) < 4.78 is 5.19. The zero-order chi connectivity index (χ0) is 16.2. The largest absolute Gasteiger partial charge is 0.497 e. The number of carbonyl (C=O) groups excluding carboxylic acids is 1. The maximum absolute atomic E-state index is 12.4. The summed E-state index contributed by atoms with van der Waals surface area (Å²) in [5.41, 5.74) is 2.06. The van der Waals surface area contributed by atoms with Crippen LogP contribution in [0.2, 0.25) is 0 Å². The second-order valence-electron chi connectivity index (χ2n) is 5.60. The van der Waals surface area contributed by atoms with E-state index >= 15 is 0 Å². The number of thiazole rings is 1. The Bertz CT molecular complexity index is 661. The van der Waals surface area contributed by atoms with Crippen molar-refractivity contribution in [3.05, 3.63) is 40.3 Å². The van der Waals surface area contributed by atoms with Crippen molar-refractivity contribution >= 4 is 22.9 Å². The Morgan fingerprint density at radius 1 is 1.22 bits per heavy atom. The Balaban J connectivity index is 1.54. The van der Waals surface area contributed by atoms with Crippen molar-refractivity contribution in [2.24, 2.45) is 0 Å². The predicted molar refractivity (Wildman–Crippen MR) is 92.3 cm³/mol. The van der Waals surface area contributed by atoms with Crippen molar-refractivity contribution in [2.75, 3.05) is 38.2 Å². The van der Waals surface area contributed by atoms with Crippen molar-refractivity contribution in [1.29, 1.82) is 0 Å². The minimum absolute atomic E-state index is 0.171. The number of carbonyl (C=O) groups is 1. The highest BCUT2D eigenvalue weighted by Crippen LogP contribution is 2.20. The first-order chi connectivity index (χ1) is 11.2. The van der Waals surface area contributed by atoms with E-state index in [1.165, 1.54) is 5.69 Å². The van der Waals surface area contributed by atoms with Crippen LogP contribution in [-0.4, -0.2) is 49.1 Å². The SMILES string of the molecule is COc1ccc(N2CCN(C(=O)Cc3csc(C)n3)CC2)cc1. The van der Waals surface area contributed by atoms with Gasteiger partial charge in [-0.25, -0.2) is 4.98 Å². The van der Waals surface area contributed by atoms with Gasteiger partial charge in [-0.2, -0.15) is 0 Å². The van der Waals surface area contributed by atoms with E-state index in [0.29, 0.717) is 6.42 Å². The number of methoxy groups -OCH3 is 1. The minimum atomic E-state index is 0.171. The van der Waals surface area contributed by atoms with E-state index in [1.807, 2.05) is 29.3 Å². The van der Waals surface area contributed by atoms with E-state index in [4.69, 9.17) is 4.74 Å². The van der Waals surface area contributed by atoms with Gasteiger partial charge in [-0.1, -0.05) is 0 Å². The molecule has 1 saturated heterocycles. The van der Waals surface area contributed by atoms with E-state index in [0.717, 1.165) is 42.6 Å². The van der Waals surface area contributed by atoms with Crippen LogP contribution >= 0.6 is 11.3 Å². The molecule has 1 aliphatic heterocycles. The molecule has 0 N–H and O–H groups in total. The summed E-state index contributed by atoms with van der Waals surface area (Å²) in [5.74, 6) is 1.03. The van der Waals surface area contributed by atoms with Crippen molar-refractivity contribution in [3.8, 4) is 5.75 Å². The fourth-order valence-electron chi connectivity index (χ4n) is 2.76. The summed E-state index contributed by atoms with van der Waals surface area (Å²) in [7, 11) is 1.67. The van der Waals surface area contributed by atoms with E-state index in [9.17, 15) is 4.79 Å². The first kappa shape index (κ1) is 15.8. The second kappa shape index (κ2) is 7.00. The number of aromatic nitrogens is 1. The van der Waals surface area contributed by atoms with Crippen molar-refractivity contribution < 1.29 is 9.53 Å². The van der Waals surface area contributed by atoms with Crippen LogP contribution in [0.1, 0.15) is 10.7 Å². The lowest BCUT2D eigenvalue weighted by Crippen LogP contribution is -2.49. The number of hydrogen-bond acceptors (Lipinski definition) is 5. The monoisotopic (exact) mass is 331 g/mol. The number of hydrogen-bond donors (Lipinski definition) is 0. The molecule has 1 fully saturated rings. The smallest absolute Gasteiger partial charge is 0.228 e. The van der Waals surface area contributed by atoms with Gasteiger partial charge in [0.2, 0.25) is 5.91 Å². The van der Waals surface area contributed by atoms with Crippen LogP contribution in [0, 0.1) is 6.92 Å². The molecule has 0 unspecified atom stereocenters. The molecule has 2 aromatic rings. The zero-order valence-corrected chi connectivity index (χ0v) is 14.3. The Morgan fingerprint density at radius 2 is 1.91 bits per heavy atom. The van der Waals surface area contributed by atoms with Crippen LogP contribution in [0.15, 0.2) is 29.6 Å². The number of benzene rings is 1. The predicted octanol–water partition coefficient (Wildman–Crippen LogP) is 2.35. The van der Waals surface area contributed by atoms with Gasteiger partial charge in [-0.05, 0) is 31.2 Å². The van der Waals surface area contributed by atoms with Gasteiger partial charge in [-0.3, -0.25) is 4.79 Å². The van der Waals surface area contributed by atoms with Crippen LogP contribution in [0.3, 0.4) is 0 Å². The quantitative estimate of drug-likeness (QED) is 0.863. The fourth-order valence-corrected chi connectivity index (χ4v) is 3.38. The summed E-state index contributed by atoms with van der Waals surface area (Å²) >= 11 is 1.59. The number of amides is 1. The second-order valence-corrected chi connectivity index (χ2v) is 6.66. The molecular weight excluding hydrogens is 310 g/mol. The Kier molecular flexibility index (Phi) is 4.81. The summed E-state index contributed by atoms with van der Waals surface area (Å²) in [4.78, 5) is 21.0. The Morgan fingerprint density at radius 3 is 2.48 bits per heavy atom. The van der Waals surface area contributed by atoms with Gasteiger partial charge < -0.3 is 14.5 Å². The molecule has 2 heterocycles. The molecule has 6 heteroatoms. The highest BCUT2D eigenvalue weighted by atomic mass is 32.1. The standard InChI is InChI=1S/C17H21N3O2S/c1-13-18-14(12-23-13)11-17(21)20-9-7-19(8-10-20)15-3-5-16(22-2)6-4-15/h3-6,12H,7-11H2,1-2H3. The summed E-state index contributed by atoms with van der Waals surface area (Å²) in [6, 6.07) is 8.07. The van der Waals surface area contributed by atoms with Crippen LogP contribution in [-0.2, 0) is 11.2 Å². The Labute approximate surface area is 140 Å². The molecule has 0 bridgehead atoms. The molecule has 0 saturated carbocycles. The lowest BCUT2D eigenvalue weighted by Gasteiger charge is -2.36. The van der Waals surface area contributed by atoms with Crippen molar-refractivity contribution in [1.82, 2.24) is 9.88 Å². The summed E-state index contributed by atoms with van der Waals surface area (Å²) in [6.07, 6.45) is 0.410. The molecule has 1 amide bonds. The summed E-state index contributed by atoms with van der Waals surface area (Å²) in [6.45, 7) is 5.19. The first-order valence-corrected chi connectivity index (χ1v) is 8.61. The highest BCUT2D eigenvalue weighted by molar-refractivity contribution is 7.09. The third-order valence-corrected chi connectivity index (χ3v) is 4.89. The number of aryl methyl sites for hydroxylation is 1. The lowest BCUT2D eigenvalue weighted by atomic mass is 10.2. The van der Waals surface area contributed by atoms with Gasteiger partial charge in [0.25, 0.3) is 0 Å². The van der Waals surface area contributed by atoms with E-state index in [-0.39, 0.29) is 5.91 Å². The molecule has 0 atom stereocenters. The molecule has 0 radical (unpaired) electrons. The van der Waals surface area contributed by atoms with Crippen molar-refractivity contribution in [3.63, 3.8) is 0 Å². The number of rotatable bonds is 4. The van der Waals surface area contributed by atoms with Gasteiger partial charge in [0.1, 0.15) is 5.75 Å². The maximum atomic E-state index is 12.4. The molecule has 23 heavy (non-hydrogen) atoms. The van der Waals surface area contributed by atoms with Gasteiger partial charge >= 0.3 is 0 Å². The average Bonchev–Trinajstić information content (AvgIpc) is 3.00. The van der Waals surface area contributed by atoms with Crippen LogP contribution in [0.25, 0.3) is 0 Å². The molecule has 1 aromatic carbocycles. The van der Waals surface area contributed by atoms with Crippen LogP contribution < -0.4 is 9.64 Å². The first-order valence-electron chi connectivity index (χ1n) is 7.73. The number of nitrogens with zero attached hydrogens (tertiary/aromatic N) is 3. The third-order valence-electron chi connectivity index (χ3n) is 4.07. The van der Waals surface area contributed by atoms with Gasteiger partial charge in [0.15, 0.2) is 0 Å². The number of piperazine rings is 1.